The van der Waals surface area contributed by atoms with E-state index < -0.39 is 5.97 Å². The maximum atomic E-state index is 12.8. The fourth-order valence-electron chi connectivity index (χ4n) is 3.41. The maximum Gasteiger partial charge on any atom is 0.317 e. The second-order valence-corrected chi connectivity index (χ2v) is 7.47. The highest BCUT2D eigenvalue weighted by Gasteiger charge is 2.14. The molecule has 0 atom stereocenters. The molecule has 8 heteroatoms. The van der Waals surface area contributed by atoms with Crippen molar-refractivity contribution in [1.82, 2.24) is 10.6 Å². The molecule has 8 nitrogen and oxygen atoms in total. The number of hydrogen-bond acceptors (Lipinski definition) is 6. The minimum Gasteiger partial charge on any atom is -0.480 e. The van der Waals surface area contributed by atoms with Gasteiger partial charge in [-0.25, -0.2) is 0 Å². The number of ketones is 1. The van der Waals surface area contributed by atoms with E-state index in [2.05, 4.69) is 10.6 Å². The summed E-state index contributed by atoms with van der Waals surface area (Å²) < 4.78 is 10.6. The number of carbonyl (C=O) groups excluding carboxylic acids is 2. The summed E-state index contributed by atoms with van der Waals surface area (Å²) in [6, 6.07) is 19.0. The molecule has 0 unspecified atom stereocenters. The average molecular weight is 446 g/mol. The number of hydrogen-bond donors (Lipinski definition) is 3. The third kappa shape index (κ3) is 5.55. The molecule has 4 rings (SSSR count). The van der Waals surface area contributed by atoms with Gasteiger partial charge in [-0.2, -0.15) is 0 Å². The molecule has 1 heterocycles. The first kappa shape index (κ1) is 22.0. The molecule has 0 saturated carbocycles. The van der Waals surface area contributed by atoms with E-state index in [-0.39, 0.29) is 25.0 Å². The second-order valence-electron chi connectivity index (χ2n) is 7.47. The van der Waals surface area contributed by atoms with Crippen molar-refractivity contribution in [1.29, 1.82) is 0 Å². The minimum absolute atomic E-state index is 0.156. The zero-order chi connectivity index (χ0) is 23.2. The Balaban J connectivity index is 1.36. The fourth-order valence-corrected chi connectivity index (χ4v) is 3.41. The van der Waals surface area contributed by atoms with Gasteiger partial charge in [0, 0.05) is 29.8 Å². The number of carboxylic acids is 1. The molecular weight excluding hydrogens is 424 g/mol. The molecule has 3 N–H and O–H groups in total. The summed E-state index contributed by atoms with van der Waals surface area (Å²) in [5.41, 5.74) is 3.08. The molecule has 0 spiro atoms. The van der Waals surface area contributed by atoms with Crippen LogP contribution in [0.5, 0.6) is 11.5 Å². The second kappa shape index (κ2) is 9.97. The molecule has 0 radical (unpaired) electrons. The third-order valence-corrected chi connectivity index (χ3v) is 5.09. The van der Waals surface area contributed by atoms with Crippen molar-refractivity contribution in [2.75, 3.05) is 13.3 Å². The molecule has 0 aromatic heterocycles. The molecule has 1 aliphatic heterocycles. The van der Waals surface area contributed by atoms with Crippen LogP contribution in [0.2, 0.25) is 0 Å². The molecule has 33 heavy (non-hydrogen) atoms. The summed E-state index contributed by atoms with van der Waals surface area (Å²) >= 11 is 0. The summed E-state index contributed by atoms with van der Waals surface area (Å²) in [4.78, 5) is 35.9. The van der Waals surface area contributed by atoms with Gasteiger partial charge in [0.1, 0.15) is 0 Å². The highest BCUT2D eigenvalue weighted by atomic mass is 16.7. The summed E-state index contributed by atoms with van der Waals surface area (Å²) in [6.45, 7) is 0.716. The Kier molecular flexibility index (Phi) is 6.66. The molecule has 3 aromatic rings. The van der Waals surface area contributed by atoms with Crippen molar-refractivity contribution in [3.63, 3.8) is 0 Å². The van der Waals surface area contributed by atoms with Gasteiger partial charge in [0.25, 0.3) is 5.91 Å². The molecular formula is C25H22N2O6. The lowest BCUT2D eigenvalue weighted by Crippen LogP contribution is -2.22. The minimum atomic E-state index is -0.942. The van der Waals surface area contributed by atoms with Gasteiger partial charge in [0.2, 0.25) is 6.79 Å². The van der Waals surface area contributed by atoms with Crippen LogP contribution in [-0.2, 0) is 17.9 Å². The van der Waals surface area contributed by atoms with E-state index in [1.165, 1.54) is 0 Å². The van der Waals surface area contributed by atoms with E-state index in [4.69, 9.17) is 14.6 Å². The Labute approximate surface area is 190 Å². The number of rotatable bonds is 9. The fraction of sp³-hybridized carbons (Fsp3) is 0.160. The molecule has 1 amide bonds. The van der Waals surface area contributed by atoms with Crippen LogP contribution < -0.4 is 20.1 Å². The quantitative estimate of drug-likeness (QED) is 0.433. The van der Waals surface area contributed by atoms with Gasteiger partial charge in [-0.3, -0.25) is 14.4 Å². The van der Waals surface area contributed by atoms with Crippen LogP contribution in [0.15, 0.2) is 66.7 Å². The van der Waals surface area contributed by atoms with Crippen LogP contribution in [-0.4, -0.2) is 36.1 Å². The standard InChI is InChI=1S/C25H22N2O6/c28-23(29)14-26-12-16-2-1-3-20(10-16)24(30)18-5-7-19(8-6-18)25(31)27-13-17-4-9-21-22(11-17)33-15-32-21/h1-11,26H,12-15H2,(H,27,31)(H,28,29). The lowest BCUT2D eigenvalue weighted by molar-refractivity contribution is -0.136. The number of amides is 1. The zero-order valence-corrected chi connectivity index (χ0v) is 17.7. The molecule has 0 bridgehead atoms. The van der Waals surface area contributed by atoms with Crippen molar-refractivity contribution >= 4 is 17.7 Å². The Morgan fingerprint density at radius 3 is 2.30 bits per heavy atom. The van der Waals surface area contributed by atoms with Crippen molar-refractivity contribution in [3.8, 4) is 11.5 Å². The first-order chi connectivity index (χ1) is 16.0. The van der Waals surface area contributed by atoms with Gasteiger partial charge in [0.05, 0.1) is 6.54 Å². The van der Waals surface area contributed by atoms with Crippen LogP contribution in [0.25, 0.3) is 0 Å². The first-order valence-electron chi connectivity index (χ1n) is 10.3. The smallest absolute Gasteiger partial charge is 0.317 e. The summed E-state index contributed by atoms with van der Waals surface area (Å²) in [6.07, 6.45) is 0. The van der Waals surface area contributed by atoms with E-state index in [1.54, 1.807) is 48.5 Å². The average Bonchev–Trinajstić information content (AvgIpc) is 3.30. The number of carboxylic acid groups (broad SMARTS) is 1. The summed E-state index contributed by atoms with van der Waals surface area (Å²) in [5, 5.41) is 14.4. The third-order valence-electron chi connectivity index (χ3n) is 5.09. The SMILES string of the molecule is O=C(O)CNCc1cccc(C(=O)c2ccc(C(=O)NCc3ccc4c(c3)OCO4)cc2)c1. The summed E-state index contributed by atoms with van der Waals surface area (Å²) in [7, 11) is 0. The Bertz CT molecular complexity index is 1190. The number of benzene rings is 3. The van der Waals surface area contributed by atoms with Gasteiger partial charge in [-0.15, -0.1) is 0 Å². The zero-order valence-electron chi connectivity index (χ0n) is 17.7. The van der Waals surface area contributed by atoms with Gasteiger partial charge in [-0.1, -0.05) is 36.4 Å². The van der Waals surface area contributed by atoms with Crippen molar-refractivity contribution < 1.29 is 29.0 Å². The summed E-state index contributed by atoms with van der Waals surface area (Å²) in [5.74, 6) is -0.0263. The van der Waals surface area contributed by atoms with Crippen LogP contribution >= 0.6 is 0 Å². The van der Waals surface area contributed by atoms with Gasteiger partial charge in [-0.05, 0) is 41.5 Å². The maximum absolute atomic E-state index is 12.8. The predicted molar refractivity (Wildman–Crippen MR) is 119 cm³/mol. The lowest BCUT2D eigenvalue weighted by atomic mass is 10.00. The Morgan fingerprint density at radius 1 is 0.788 bits per heavy atom. The van der Waals surface area contributed by atoms with Crippen LogP contribution in [0.4, 0.5) is 0 Å². The van der Waals surface area contributed by atoms with E-state index in [1.807, 2.05) is 18.2 Å². The Morgan fingerprint density at radius 2 is 1.52 bits per heavy atom. The monoisotopic (exact) mass is 446 g/mol. The Hall–Kier alpha value is -4.17. The molecule has 168 valence electrons. The molecule has 0 saturated heterocycles. The molecule has 3 aromatic carbocycles. The lowest BCUT2D eigenvalue weighted by Gasteiger charge is -2.08. The number of carbonyl (C=O) groups is 3. The molecule has 0 aliphatic carbocycles. The van der Waals surface area contributed by atoms with E-state index in [0.29, 0.717) is 41.3 Å². The molecule has 0 fully saturated rings. The molecule has 1 aliphatic rings. The van der Waals surface area contributed by atoms with Crippen molar-refractivity contribution in [3.05, 3.63) is 94.5 Å². The van der Waals surface area contributed by atoms with Crippen molar-refractivity contribution in [2.24, 2.45) is 0 Å². The van der Waals surface area contributed by atoms with E-state index >= 15 is 0 Å². The topological polar surface area (TPSA) is 114 Å². The van der Waals surface area contributed by atoms with Gasteiger partial charge in [0.15, 0.2) is 17.3 Å². The normalized spacial score (nSPS) is 11.8. The highest BCUT2D eigenvalue weighted by molar-refractivity contribution is 6.09. The van der Waals surface area contributed by atoms with E-state index in [9.17, 15) is 14.4 Å². The van der Waals surface area contributed by atoms with Crippen LogP contribution in [0, 0.1) is 0 Å². The predicted octanol–water partition coefficient (Wildman–Crippen LogP) is 2.75. The largest absolute Gasteiger partial charge is 0.480 e. The number of aliphatic carboxylic acids is 1. The van der Waals surface area contributed by atoms with Crippen molar-refractivity contribution in [2.45, 2.75) is 13.1 Å². The number of ether oxygens (including phenoxy) is 2. The first-order valence-corrected chi connectivity index (χ1v) is 10.3. The number of nitrogens with one attached hydrogen (secondary N) is 2. The van der Waals surface area contributed by atoms with Gasteiger partial charge >= 0.3 is 5.97 Å². The van der Waals surface area contributed by atoms with Gasteiger partial charge < -0.3 is 25.2 Å². The van der Waals surface area contributed by atoms with Crippen LogP contribution in [0.1, 0.15) is 37.4 Å². The number of fused-ring (bicyclic) bond motifs is 1. The highest BCUT2D eigenvalue weighted by Crippen LogP contribution is 2.32. The van der Waals surface area contributed by atoms with E-state index in [0.717, 1.165) is 11.1 Å². The van der Waals surface area contributed by atoms with Crippen LogP contribution in [0.3, 0.4) is 0 Å².